The Hall–Kier alpha value is -1.50. The van der Waals surface area contributed by atoms with Gasteiger partial charge in [-0.25, -0.2) is 4.98 Å². The fraction of sp³-hybridized carbons (Fsp3) is 0.143. The number of aromatic nitrogens is 1. The van der Waals surface area contributed by atoms with Crippen molar-refractivity contribution >= 4 is 23.4 Å². The summed E-state index contributed by atoms with van der Waals surface area (Å²) in [7, 11) is 0. The van der Waals surface area contributed by atoms with Crippen molar-refractivity contribution in [2.75, 3.05) is 0 Å². The number of hydrogen-bond acceptors (Lipinski definition) is 3. The van der Waals surface area contributed by atoms with Crippen LogP contribution in [0.15, 0.2) is 40.4 Å². The SMILES string of the molecule is Cc1ccc(Sc2nccc(C#N)c2Cl)c(C)c1. The third-order valence-corrected chi connectivity index (χ3v) is 4.19. The first kappa shape index (κ1) is 12.9. The summed E-state index contributed by atoms with van der Waals surface area (Å²) in [5.41, 5.74) is 2.86. The van der Waals surface area contributed by atoms with Crippen molar-refractivity contribution < 1.29 is 0 Å². The summed E-state index contributed by atoms with van der Waals surface area (Å²) in [6, 6.07) is 9.90. The second-order valence-electron chi connectivity index (χ2n) is 3.96. The number of rotatable bonds is 2. The van der Waals surface area contributed by atoms with Crippen molar-refractivity contribution in [2.24, 2.45) is 0 Å². The van der Waals surface area contributed by atoms with Crippen LogP contribution in [0.3, 0.4) is 0 Å². The fourth-order valence-electron chi connectivity index (χ4n) is 1.60. The minimum absolute atomic E-state index is 0.421. The average molecular weight is 275 g/mol. The van der Waals surface area contributed by atoms with Gasteiger partial charge in [0, 0.05) is 11.1 Å². The molecule has 0 fully saturated rings. The van der Waals surface area contributed by atoms with E-state index in [9.17, 15) is 0 Å². The van der Waals surface area contributed by atoms with Crippen LogP contribution in [-0.2, 0) is 0 Å². The molecule has 1 aromatic heterocycles. The molecule has 2 aromatic rings. The van der Waals surface area contributed by atoms with E-state index in [4.69, 9.17) is 16.9 Å². The van der Waals surface area contributed by atoms with Gasteiger partial charge in [-0.1, -0.05) is 41.1 Å². The Labute approximate surface area is 116 Å². The molecule has 0 unspecified atom stereocenters. The largest absolute Gasteiger partial charge is 0.248 e. The Kier molecular flexibility index (Phi) is 3.90. The molecule has 0 radical (unpaired) electrons. The Morgan fingerprint density at radius 3 is 2.72 bits per heavy atom. The summed E-state index contributed by atoms with van der Waals surface area (Å²) < 4.78 is 0. The molecule has 0 amide bonds. The van der Waals surface area contributed by atoms with Crippen molar-refractivity contribution in [1.29, 1.82) is 5.26 Å². The van der Waals surface area contributed by atoms with Gasteiger partial charge in [0.25, 0.3) is 0 Å². The molecule has 90 valence electrons. The molecule has 1 heterocycles. The molecule has 0 aliphatic carbocycles. The molecular formula is C14H11ClN2S. The summed E-state index contributed by atoms with van der Waals surface area (Å²) in [6.07, 6.45) is 1.61. The van der Waals surface area contributed by atoms with Gasteiger partial charge in [0.15, 0.2) is 0 Å². The normalized spacial score (nSPS) is 10.1. The van der Waals surface area contributed by atoms with Gasteiger partial charge in [-0.05, 0) is 31.5 Å². The van der Waals surface area contributed by atoms with Crippen LogP contribution >= 0.6 is 23.4 Å². The number of nitriles is 1. The number of aryl methyl sites for hydroxylation is 2. The summed E-state index contributed by atoms with van der Waals surface area (Å²) in [6.45, 7) is 4.11. The van der Waals surface area contributed by atoms with Gasteiger partial charge in [0.05, 0.1) is 10.6 Å². The minimum Gasteiger partial charge on any atom is -0.248 e. The van der Waals surface area contributed by atoms with Crippen LogP contribution in [0.5, 0.6) is 0 Å². The zero-order valence-corrected chi connectivity index (χ0v) is 11.6. The molecule has 0 saturated heterocycles. The van der Waals surface area contributed by atoms with E-state index >= 15 is 0 Å². The molecule has 0 aliphatic heterocycles. The van der Waals surface area contributed by atoms with Crippen LogP contribution < -0.4 is 0 Å². The summed E-state index contributed by atoms with van der Waals surface area (Å²) in [4.78, 5) is 5.33. The lowest BCUT2D eigenvalue weighted by Gasteiger charge is -2.07. The van der Waals surface area contributed by atoms with Crippen molar-refractivity contribution in [1.82, 2.24) is 4.98 Å². The predicted molar refractivity (Wildman–Crippen MR) is 74.0 cm³/mol. The lowest BCUT2D eigenvalue weighted by atomic mass is 10.2. The number of nitrogens with zero attached hydrogens (tertiary/aromatic N) is 2. The second-order valence-corrected chi connectivity index (χ2v) is 5.37. The topological polar surface area (TPSA) is 36.7 Å². The van der Waals surface area contributed by atoms with Gasteiger partial charge in [0.1, 0.15) is 11.1 Å². The minimum atomic E-state index is 0.421. The highest BCUT2D eigenvalue weighted by Crippen LogP contribution is 2.34. The summed E-state index contributed by atoms with van der Waals surface area (Å²) in [5.74, 6) is 0. The van der Waals surface area contributed by atoms with Crippen molar-refractivity contribution in [3.05, 3.63) is 52.2 Å². The Balaban J connectivity index is 2.38. The van der Waals surface area contributed by atoms with Crippen LogP contribution in [0.4, 0.5) is 0 Å². The van der Waals surface area contributed by atoms with E-state index in [1.165, 1.54) is 22.9 Å². The van der Waals surface area contributed by atoms with Gasteiger partial charge >= 0.3 is 0 Å². The van der Waals surface area contributed by atoms with E-state index in [1.54, 1.807) is 12.3 Å². The molecule has 2 nitrogen and oxygen atoms in total. The zero-order chi connectivity index (χ0) is 13.1. The van der Waals surface area contributed by atoms with Crippen LogP contribution in [0.2, 0.25) is 5.02 Å². The fourth-order valence-corrected chi connectivity index (χ4v) is 2.75. The first-order chi connectivity index (χ1) is 8.61. The monoisotopic (exact) mass is 274 g/mol. The van der Waals surface area contributed by atoms with E-state index in [-0.39, 0.29) is 0 Å². The van der Waals surface area contributed by atoms with Gasteiger partial charge in [-0.15, -0.1) is 0 Å². The molecule has 0 bridgehead atoms. The predicted octanol–water partition coefficient (Wildman–Crippen LogP) is 4.37. The maximum atomic E-state index is 8.93. The molecular weight excluding hydrogens is 264 g/mol. The van der Waals surface area contributed by atoms with Gasteiger partial charge in [-0.2, -0.15) is 5.26 Å². The van der Waals surface area contributed by atoms with Crippen LogP contribution in [0, 0.1) is 25.2 Å². The smallest absolute Gasteiger partial charge is 0.121 e. The van der Waals surface area contributed by atoms with Crippen LogP contribution in [-0.4, -0.2) is 4.98 Å². The molecule has 1 aromatic carbocycles. The van der Waals surface area contributed by atoms with Gasteiger partial charge < -0.3 is 0 Å². The first-order valence-electron chi connectivity index (χ1n) is 5.41. The van der Waals surface area contributed by atoms with Gasteiger partial charge in [-0.3, -0.25) is 0 Å². The van der Waals surface area contributed by atoms with Crippen molar-refractivity contribution in [2.45, 2.75) is 23.8 Å². The zero-order valence-electron chi connectivity index (χ0n) is 10.1. The molecule has 4 heteroatoms. The van der Waals surface area contributed by atoms with Crippen molar-refractivity contribution in [3.8, 4) is 6.07 Å². The highest BCUT2D eigenvalue weighted by atomic mass is 35.5. The van der Waals surface area contributed by atoms with Crippen LogP contribution in [0.25, 0.3) is 0 Å². The highest BCUT2D eigenvalue weighted by Gasteiger charge is 2.10. The lowest BCUT2D eigenvalue weighted by Crippen LogP contribution is -1.87. The highest BCUT2D eigenvalue weighted by molar-refractivity contribution is 7.99. The standard InChI is InChI=1S/C14H11ClN2S/c1-9-3-4-12(10(2)7-9)18-14-13(15)11(8-16)5-6-17-14/h3-7H,1-2H3. The average Bonchev–Trinajstić information content (AvgIpc) is 2.35. The number of pyridine rings is 1. The second kappa shape index (κ2) is 5.43. The Bertz CT molecular complexity index is 632. The third-order valence-electron chi connectivity index (χ3n) is 2.51. The molecule has 0 saturated carbocycles. The molecule has 18 heavy (non-hydrogen) atoms. The van der Waals surface area contributed by atoms with Crippen molar-refractivity contribution in [3.63, 3.8) is 0 Å². The maximum Gasteiger partial charge on any atom is 0.121 e. The molecule has 2 rings (SSSR count). The maximum absolute atomic E-state index is 8.93. The van der Waals surface area contributed by atoms with Gasteiger partial charge in [0.2, 0.25) is 0 Å². The molecule has 0 N–H and O–H groups in total. The first-order valence-corrected chi connectivity index (χ1v) is 6.61. The van der Waals surface area contributed by atoms with E-state index in [0.29, 0.717) is 15.6 Å². The lowest BCUT2D eigenvalue weighted by molar-refractivity contribution is 1.12. The molecule has 0 spiro atoms. The summed E-state index contributed by atoms with van der Waals surface area (Å²) >= 11 is 7.62. The van der Waals surface area contributed by atoms with E-state index in [0.717, 1.165) is 4.90 Å². The quantitative estimate of drug-likeness (QED) is 0.816. The number of hydrogen-bond donors (Lipinski definition) is 0. The third kappa shape index (κ3) is 2.66. The summed E-state index contributed by atoms with van der Waals surface area (Å²) in [5, 5.41) is 10.0. The number of halogens is 1. The molecule has 0 aliphatic rings. The van der Waals surface area contributed by atoms with E-state index in [1.807, 2.05) is 6.07 Å². The van der Waals surface area contributed by atoms with E-state index < -0.39 is 0 Å². The van der Waals surface area contributed by atoms with Crippen LogP contribution in [0.1, 0.15) is 16.7 Å². The Morgan fingerprint density at radius 2 is 2.06 bits per heavy atom. The van der Waals surface area contributed by atoms with E-state index in [2.05, 4.69) is 37.0 Å². The number of benzene rings is 1. The Morgan fingerprint density at radius 1 is 1.28 bits per heavy atom. The molecule has 0 atom stereocenters.